The second-order valence-corrected chi connectivity index (χ2v) is 5.42. The molecule has 0 aliphatic heterocycles. The molecule has 7 heteroatoms. The van der Waals surface area contributed by atoms with Gasteiger partial charge in [0, 0.05) is 5.56 Å². The van der Waals surface area contributed by atoms with Gasteiger partial charge in [-0.05, 0) is 25.1 Å². The molecule has 7 nitrogen and oxygen atoms in total. The molecule has 0 spiro atoms. The second kappa shape index (κ2) is 6.96. The van der Waals surface area contributed by atoms with Gasteiger partial charge in [-0.2, -0.15) is 5.10 Å². The molecule has 0 fully saturated rings. The van der Waals surface area contributed by atoms with Crippen LogP contribution in [0, 0.1) is 6.92 Å². The van der Waals surface area contributed by atoms with Gasteiger partial charge < -0.3 is 9.67 Å². The summed E-state index contributed by atoms with van der Waals surface area (Å²) in [6, 6.07) is 14.0. The fourth-order valence-electron chi connectivity index (χ4n) is 2.55. The smallest absolute Gasteiger partial charge is 0.336 e. The molecular formula is C18H16N4O3. The quantitative estimate of drug-likeness (QED) is 0.551. The summed E-state index contributed by atoms with van der Waals surface area (Å²) in [5, 5.41) is 13.0. The third-order valence-electron chi connectivity index (χ3n) is 3.73. The van der Waals surface area contributed by atoms with Gasteiger partial charge in [-0.1, -0.05) is 30.3 Å². The molecule has 0 saturated heterocycles. The van der Waals surface area contributed by atoms with Crippen LogP contribution in [-0.4, -0.2) is 32.7 Å². The van der Waals surface area contributed by atoms with Crippen LogP contribution >= 0.6 is 0 Å². The molecule has 2 N–H and O–H groups in total. The third-order valence-corrected chi connectivity index (χ3v) is 3.73. The Hall–Kier alpha value is -3.48. The third kappa shape index (κ3) is 3.55. The molecule has 1 heterocycles. The molecule has 0 radical (unpaired) electrons. The highest BCUT2D eigenvalue weighted by molar-refractivity contribution is 5.98. The van der Waals surface area contributed by atoms with Crippen molar-refractivity contribution in [2.75, 3.05) is 0 Å². The monoisotopic (exact) mass is 336 g/mol. The number of rotatable bonds is 5. The minimum Gasteiger partial charge on any atom is -0.478 e. The number of carbonyl (C=O) groups excluding carboxylic acids is 1. The van der Waals surface area contributed by atoms with Gasteiger partial charge in [0.15, 0.2) is 0 Å². The highest BCUT2D eigenvalue weighted by atomic mass is 16.4. The van der Waals surface area contributed by atoms with Crippen LogP contribution in [-0.2, 0) is 11.3 Å². The van der Waals surface area contributed by atoms with Crippen LogP contribution in [0.3, 0.4) is 0 Å². The lowest BCUT2D eigenvalue weighted by Gasteiger charge is -2.05. The first-order valence-corrected chi connectivity index (χ1v) is 7.62. The number of para-hydroxylation sites is 2. The lowest BCUT2D eigenvalue weighted by molar-refractivity contribution is -0.121. The fraction of sp³-hybridized carbons (Fsp3) is 0.111. The summed E-state index contributed by atoms with van der Waals surface area (Å²) in [5.74, 6) is -0.638. The Bertz CT molecular complexity index is 975. The van der Waals surface area contributed by atoms with Crippen LogP contribution in [0.25, 0.3) is 11.0 Å². The van der Waals surface area contributed by atoms with Crippen molar-refractivity contribution in [3.63, 3.8) is 0 Å². The van der Waals surface area contributed by atoms with Crippen molar-refractivity contribution in [1.82, 2.24) is 15.0 Å². The van der Waals surface area contributed by atoms with Crippen molar-refractivity contribution in [3.05, 3.63) is 65.5 Å². The molecule has 25 heavy (non-hydrogen) atoms. The van der Waals surface area contributed by atoms with E-state index >= 15 is 0 Å². The Labute approximate surface area is 143 Å². The van der Waals surface area contributed by atoms with Gasteiger partial charge in [0.05, 0.1) is 22.8 Å². The Morgan fingerprint density at radius 2 is 1.92 bits per heavy atom. The van der Waals surface area contributed by atoms with Gasteiger partial charge >= 0.3 is 5.97 Å². The number of carbonyl (C=O) groups is 2. The molecule has 0 saturated carbocycles. The summed E-state index contributed by atoms with van der Waals surface area (Å²) in [4.78, 5) is 27.7. The summed E-state index contributed by atoms with van der Waals surface area (Å²) < 4.78 is 1.80. The SMILES string of the molecule is Cc1nc2ccccc2n1CC(=O)N/N=C/c1ccccc1C(=O)O. The first-order valence-electron chi connectivity index (χ1n) is 7.62. The van der Waals surface area contributed by atoms with E-state index in [9.17, 15) is 9.59 Å². The van der Waals surface area contributed by atoms with Gasteiger partial charge in [0.1, 0.15) is 12.4 Å². The van der Waals surface area contributed by atoms with Crippen LogP contribution < -0.4 is 5.43 Å². The van der Waals surface area contributed by atoms with E-state index in [0.29, 0.717) is 5.56 Å². The van der Waals surface area contributed by atoms with Crippen molar-refractivity contribution in [1.29, 1.82) is 0 Å². The van der Waals surface area contributed by atoms with E-state index in [4.69, 9.17) is 5.11 Å². The van der Waals surface area contributed by atoms with Gasteiger partial charge in [-0.25, -0.2) is 15.2 Å². The first kappa shape index (κ1) is 16.4. The van der Waals surface area contributed by atoms with Crippen LogP contribution in [0.2, 0.25) is 0 Å². The zero-order valence-electron chi connectivity index (χ0n) is 13.5. The number of aromatic carboxylic acids is 1. The number of nitrogens with one attached hydrogen (secondary N) is 1. The Kier molecular flexibility index (Phi) is 4.56. The van der Waals surface area contributed by atoms with E-state index in [2.05, 4.69) is 15.5 Å². The van der Waals surface area contributed by atoms with Gasteiger partial charge in [0.2, 0.25) is 0 Å². The number of aryl methyl sites for hydroxylation is 1. The van der Waals surface area contributed by atoms with E-state index in [1.165, 1.54) is 12.3 Å². The summed E-state index contributed by atoms with van der Waals surface area (Å²) in [6.07, 6.45) is 1.32. The summed E-state index contributed by atoms with van der Waals surface area (Å²) in [7, 11) is 0. The Morgan fingerprint density at radius 3 is 2.72 bits per heavy atom. The molecule has 3 aromatic rings. The van der Waals surface area contributed by atoms with Crippen LogP contribution in [0.4, 0.5) is 0 Å². The van der Waals surface area contributed by atoms with Crippen molar-refractivity contribution in [3.8, 4) is 0 Å². The van der Waals surface area contributed by atoms with Crippen molar-refractivity contribution in [2.45, 2.75) is 13.5 Å². The van der Waals surface area contributed by atoms with Crippen molar-refractivity contribution >= 4 is 29.1 Å². The largest absolute Gasteiger partial charge is 0.478 e. The normalized spacial score (nSPS) is 11.1. The lowest BCUT2D eigenvalue weighted by Crippen LogP contribution is -2.23. The van der Waals surface area contributed by atoms with E-state index in [1.807, 2.05) is 31.2 Å². The number of aromatic nitrogens is 2. The Balaban J connectivity index is 1.71. The van der Waals surface area contributed by atoms with Crippen LogP contribution in [0.15, 0.2) is 53.6 Å². The van der Waals surface area contributed by atoms with Gasteiger partial charge in [-0.15, -0.1) is 0 Å². The van der Waals surface area contributed by atoms with Crippen LogP contribution in [0.1, 0.15) is 21.7 Å². The molecule has 0 aliphatic rings. The number of carboxylic acid groups (broad SMARTS) is 1. The number of hydrazone groups is 1. The van der Waals surface area contributed by atoms with Gasteiger partial charge in [0.25, 0.3) is 5.91 Å². The second-order valence-electron chi connectivity index (χ2n) is 5.42. The van der Waals surface area contributed by atoms with E-state index in [1.54, 1.807) is 22.8 Å². The maximum absolute atomic E-state index is 12.1. The standard InChI is InChI=1S/C18H16N4O3/c1-12-20-15-8-4-5-9-16(15)22(12)11-17(23)21-19-10-13-6-2-3-7-14(13)18(24)25/h2-10H,11H2,1H3,(H,21,23)(H,24,25)/b19-10+. The van der Waals surface area contributed by atoms with E-state index < -0.39 is 5.97 Å². The minimum atomic E-state index is -1.05. The molecule has 0 aliphatic carbocycles. The highest BCUT2D eigenvalue weighted by Gasteiger charge is 2.10. The maximum Gasteiger partial charge on any atom is 0.336 e. The molecule has 0 bridgehead atoms. The fourth-order valence-corrected chi connectivity index (χ4v) is 2.55. The highest BCUT2D eigenvalue weighted by Crippen LogP contribution is 2.15. The number of hydrogen-bond acceptors (Lipinski definition) is 4. The zero-order valence-corrected chi connectivity index (χ0v) is 13.5. The molecule has 0 unspecified atom stereocenters. The molecule has 1 amide bonds. The first-order chi connectivity index (χ1) is 12.1. The summed E-state index contributed by atoms with van der Waals surface area (Å²) in [6.45, 7) is 1.91. The summed E-state index contributed by atoms with van der Waals surface area (Å²) in [5.41, 5.74) is 4.65. The summed E-state index contributed by atoms with van der Waals surface area (Å²) >= 11 is 0. The lowest BCUT2D eigenvalue weighted by atomic mass is 10.1. The van der Waals surface area contributed by atoms with E-state index in [0.717, 1.165) is 16.9 Å². The van der Waals surface area contributed by atoms with Crippen molar-refractivity contribution < 1.29 is 14.7 Å². The predicted octanol–water partition coefficient (Wildman–Crippen LogP) is 2.19. The number of fused-ring (bicyclic) bond motifs is 1. The molecule has 1 aromatic heterocycles. The number of carboxylic acids is 1. The average molecular weight is 336 g/mol. The Morgan fingerprint density at radius 1 is 1.20 bits per heavy atom. The number of hydrogen-bond donors (Lipinski definition) is 2. The number of nitrogens with zero attached hydrogens (tertiary/aromatic N) is 3. The zero-order chi connectivity index (χ0) is 17.8. The predicted molar refractivity (Wildman–Crippen MR) is 93.6 cm³/mol. The number of imidazole rings is 1. The maximum atomic E-state index is 12.1. The number of amides is 1. The van der Waals surface area contributed by atoms with E-state index in [-0.39, 0.29) is 18.0 Å². The minimum absolute atomic E-state index is 0.0737. The molecule has 2 aromatic carbocycles. The molecular weight excluding hydrogens is 320 g/mol. The molecule has 126 valence electrons. The molecule has 0 atom stereocenters. The van der Waals surface area contributed by atoms with Gasteiger partial charge in [-0.3, -0.25) is 4.79 Å². The van der Waals surface area contributed by atoms with Crippen molar-refractivity contribution in [2.24, 2.45) is 5.10 Å². The van der Waals surface area contributed by atoms with Crippen LogP contribution in [0.5, 0.6) is 0 Å². The number of benzene rings is 2. The topological polar surface area (TPSA) is 96.6 Å². The average Bonchev–Trinajstić information content (AvgIpc) is 2.91. The molecule has 3 rings (SSSR count).